The number of nitrogens with zero attached hydrogens (tertiary/aromatic N) is 2. The van der Waals surface area contributed by atoms with Crippen molar-refractivity contribution in [3.8, 4) is 0 Å². The summed E-state index contributed by atoms with van der Waals surface area (Å²) in [5, 5.41) is 10.1. The molecule has 0 bridgehead atoms. The number of carbonyl (C=O) groups excluding carboxylic acids is 1. The van der Waals surface area contributed by atoms with E-state index in [1.165, 1.54) is 6.07 Å². The van der Waals surface area contributed by atoms with Gasteiger partial charge in [-0.2, -0.15) is 0 Å². The Morgan fingerprint density at radius 2 is 2.00 bits per heavy atom. The second kappa shape index (κ2) is 7.65. The van der Waals surface area contributed by atoms with Gasteiger partial charge in [-0.3, -0.25) is 0 Å². The van der Waals surface area contributed by atoms with Crippen molar-refractivity contribution >= 4 is 28.3 Å². The molecule has 0 atom stereocenters. The maximum atomic E-state index is 12.0. The summed E-state index contributed by atoms with van der Waals surface area (Å²) in [5.41, 5.74) is 1.44. The number of anilines is 1. The molecule has 1 heterocycles. The summed E-state index contributed by atoms with van der Waals surface area (Å²) in [6.07, 6.45) is 3.34. The van der Waals surface area contributed by atoms with Gasteiger partial charge in [-0.1, -0.05) is 12.2 Å². The zero-order valence-electron chi connectivity index (χ0n) is 14.3. The van der Waals surface area contributed by atoms with E-state index in [0.29, 0.717) is 35.3 Å². The zero-order valence-corrected chi connectivity index (χ0v) is 14.3. The van der Waals surface area contributed by atoms with Gasteiger partial charge in [0.05, 0.1) is 11.5 Å². The molecule has 0 fully saturated rings. The van der Waals surface area contributed by atoms with Gasteiger partial charge < -0.3 is 14.1 Å². The van der Waals surface area contributed by atoms with Gasteiger partial charge in [0, 0.05) is 36.2 Å². The predicted octanol–water partition coefficient (Wildman–Crippen LogP) is 3.90. The van der Waals surface area contributed by atoms with E-state index < -0.39 is 5.97 Å². The molecule has 2 aromatic rings. The predicted molar refractivity (Wildman–Crippen MR) is 94.6 cm³/mol. The number of carbonyl (C=O) groups is 1. The molecule has 0 aliphatic heterocycles. The van der Waals surface area contributed by atoms with Crippen LogP contribution in [0.25, 0.3) is 11.0 Å². The Bertz CT molecular complexity index is 828. The second-order valence-electron chi connectivity index (χ2n) is 5.37. The minimum absolute atomic E-state index is 0.0375. The highest BCUT2D eigenvalue weighted by Gasteiger charge is 2.27. The SMILES string of the molecule is C=CCN(CC=C)c1cc2oc(C(=O)OCC)c(C)c2cc1[N+](=O)O. The molecule has 132 valence electrons. The number of rotatable bonds is 8. The monoisotopic (exact) mass is 345 g/mol. The Morgan fingerprint density at radius 1 is 1.36 bits per heavy atom. The van der Waals surface area contributed by atoms with Gasteiger partial charge in [-0.05, 0) is 13.8 Å². The van der Waals surface area contributed by atoms with Crippen LogP contribution in [0.1, 0.15) is 23.0 Å². The maximum absolute atomic E-state index is 12.0. The van der Waals surface area contributed by atoms with Crippen molar-refractivity contribution in [2.75, 3.05) is 24.6 Å². The summed E-state index contributed by atoms with van der Waals surface area (Å²) < 4.78 is 10.6. The second-order valence-corrected chi connectivity index (χ2v) is 5.37. The molecular formula is C18H21N2O5+. The summed E-state index contributed by atoms with van der Waals surface area (Å²) in [4.78, 5) is 25.2. The van der Waals surface area contributed by atoms with Gasteiger partial charge in [0.2, 0.25) is 5.76 Å². The largest absolute Gasteiger partial charge is 0.460 e. The zero-order chi connectivity index (χ0) is 18.6. The van der Waals surface area contributed by atoms with Crippen LogP contribution >= 0.6 is 0 Å². The summed E-state index contributed by atoms with van der Waals surface area (Å²) >= 11 is 0. The molecule has 0 saturated carbocycles. The molecule has 0 amide bonds. The Labute approximate surface area is 145 Å². The average Bonchev–Trinajstić information content (AvgIpc) is 2.90. The highest BCUT2D eigenvalue weighted by atomic mass is 16.6. The van der Waals surface area contributed by atoms with Crippen molar-refractivity contribution in [3.63, 3.8) is 0 Å². The highest BCUT2D eigenvalue weighted by molar-refractivity contribution is 5.98. The van der Waals surface area contributed by atoms with Crippen molar-refractivity contribution in [3.05, 3.63) is 53.7 Å². The fourth-order valence-corrected chi connectivity index (χ4v) is 2.62. The van der Waals surface area contributed by atoms with Crippen molar-refractivity contribution in [2.45, 2.75) is 13.8 Å². The average molecular weight is 345 g/mol. The highest BCUT2D eigenvalue weighted by Crippen LogP contribution is 2.36. The first kappa shape index (κ1) is 18.3. The van der Waals surface area contributed by atoms with Crippen LogP contribution in [-0.2, 0) is 4.74 Å². The Morgan fingerprint density at radius 3 is 2.52 bits per heavy atom. The first-order valence-corrected chi connectivity index (χ1v) is 7.81. The molecule has 1 aromatic carbocycles. The lowest BCUT2D eigenvalue weighted by atomic mass is 10.1. The van der Waals surface area contributed by atoms with Crippen molar-refractivity contribution in [1.82, 2.24) is 0 Å². The van der Waals surface area contributed by atoms with E-state index in [9.17, 15) is 14.9 Å². The number of esters is 1. The smallest absolute Gasteiger partial charge is 0.374 e. The van der Waals surface area contributed by atoms with Crippen molar-refractivity contribution in [1.29, 1.82) is 0 Å². The number of aryl methyl sites for hydroxylation is 1. The number of hydrogen-bond acceptors (Lipinski definition) is 5. The Balaban J connectivity index is 2.67. The molecule has 0 saturated heterocycles. The third-order valence-electron chi connectivity index (χ3n) is 3.74. The van der Waals surface area contributed by atoms with Gasteiger partial charge in [0.1, 0.15) is 11.3 Å². The van der Waals surface area contributed by atoms with Gasteiger partial charge in [0.15, 0.2) is 0 Å². The molecule has 7 heteroatoms. The molecular weight excluding hydrogens is 324 g/mol. The van der Waals surface area contributed by atoms with E-state index >= 15 is 0 Å². The first-order valence-electron chi connectivity index (χ1n) is 7.81. The van der Waals surface area contributed by atoms with E-state index in [0.717, 1.165) is 0 Å². The topological polar surface area (TPSA) is 83.0 Å². The molecule has 0 unspecified atom stereocenters. The van der Waals surface area contributed by atoms with Crippen LogP contribution in [0.15, 0.2) is 41.9 Å². The minimum Gasteiger partial charge on any atom is -0.460 e. The van der Waals surface area contributed by atoms with Crippen molar-refractivity contribution < 1.29 is 24.1 Å². The fraction of sp³-hybridized carbons (Fsp3) is 0.278. The standard InChI is InChI=1S/C18H21N2O5/c1-5-8-19(9-6-2)14-11-16-13(10-15(14)20(22)23)12(4)17(25-16)18(21)24-7-3/h5-6,10-11H,1-2,7-9H2,3-4H3,(H,22,23)/q+1. The molecule has 0 spiro atoms. The molecule has 1 aromatic heterocycles. The van der Waals surface area contributed by atoms with Crippen molar-refractivity contribution in [2.24, 2.45) is 0 Å². The first-order chi connectivity index (χ1) is 11.9. The molecule has 0 aliphatic rings. The molecule has 1 N–H and O–H groups in total. The number of ether oxygens (including phenoxy) is 1. The van der Waals surface area contributed by atoms with Crippen LogP contribution in [-0.4, -0.2) is 35.8 Å². The minimum atomic E-state index is -0.573. The van der Waals surface area contributed by atoms with E-state index in [1.54, 1.807) is 37.0 Å². The number of fused-ring (bicyclic) bond motifs is 1. The number of benzene rings is 1. The van der Waals surface area contributed by atoms with Gasteiger partial charge in [-0.25, -0.2) is 10.0 Å². The van der Waals surface area contributed by atoms with Crippen LogP contribution in [0.5, 0.6) is 0 Å². The third kappa shape index (κ3) is 3.55. The third-order valence-corrected chi connectivity index (χ3v) is 3.74. The van der Waals surface area contributed by atoms with Crippen LogP contribution in [0, 0.1) is 11.8 Å². The van der Waals surface area contributed by atoms with Crippen LogP contribution < -0.4 is 4.90 Å². The normalized spacial score (nSPS) is 10.5. The lowest BCUT2D eigenvalue weighted by Gasteiger charge is -2.20. The maximum Gasteiger partial charge on any atom is 0.374 e. The van der Waals surface area contributed by atoms with Crippen LogP contribution in [0.2, 0.25) is 0 Å². The molecule has 25 heavy (non-hydrogen) atoms. The van der Waals surface area contributed by atoms with Gasteiger partial charge in [0.25, 0.3) is 4.92 Å². The molecule has 2 rings (SSSR count). The fourth-order valence-electron chi connectivity index (χ4n) is 2.62. The lowest BCUT2D eigenvalue weighted by molar-refractivity contribution is -0.729. The quantitative estimate of drug-likeness (QED) is 0.444. The molecule has 7 nitrogen and oxygen atoms in total. The van der Waals surface area contributed by atoms with E-state index in [1.807, 2.05) is 0 Å². The summed E-state index contributed by atoms with van der Waals surface area (Å²) in [5.74, 6) is -0.495. The summed E-state index contributed by atoms with van der Waals surface area (Å²) in [6.45, 7) is 11.9. The molecule has 0 radical (unpaired) electrons. The summed E-state index contributed by atoms with van der Waals surface area (Å²) in [7, 11) is 0. The number of hydrogen-bond donors (Lipinski definition) is 1. The lowest BCUT2D eigenvalue weighted by Crippen LogP contribution is -2.24. The summed E-state index contributed by atoms with van der Waals surface area (Å²) in [6, 6.07) is 3.09. The number of furan rings is 1. The Hall–Kier alpha value is -3.09. The van der Waals surface area contributed by atoms with E-state index in [2.05, 4.69) is 13.2 Å². The molecule has 0 aliphatic carbocycles. The van der Waals surface area contributed by atoms with E-state index in [-0.39, 0.29) is 23.0 Å². The van der Waals surface area contributed by atoms with Crippen LogP contribution in [0.4, 0.5) is 11.4 Å². The Kier molecular flexibility index (Phi) is 5.59. The van der Waals surface area contributed by atoms with Crippen LogP contribution in [0.3, 0.4) is 0 Å². The van der Waals surface area contributed by atoms with Gasteiger partial charge in [-0.15, -0.1) is 13.2 Å². The van der Waals surface area contributed by atoms with E-state index in [4.69, 9.17) is 9.15 Å². The van der Waals surface area contributed by atoms with Gasteiger partial charge >= 0.3 is 11.7 Å².